The summed E-state index contributed by atoms with van der Waals surface area (Å²) in [6.45, 7) is 4.15. The highest BCUT2D eigenvalue weighted by Gasteiger charge is 2.37. The molecule has 1 aliphatic heterocycles. The van der Waals surface area contributed by atoms with E-state index >= 15 is 0 Å². The number of amides is 1. The van der Waals surface area contributed by atoms with Crippen molar-refractivity contribution < 1.29 is 14.3 Å². The van der Waals surface area contributed by atoms with Crippen molar-refractivity contribution in [2.24, 2.45) is 0 Å². The smallest absolute Gasteiger partial charge is 0.253 e. The number of hydrogen-bond acceptors (Lipinski definition) is 4. The van der Waals surface area contributed by atoms with Crippen molar-refractivity contribution in [3.05, 3.63) is 36.0 Å². The molecule has 1 atom stereocenters. The van der Waals surface area contributed by atoms with Gasteiger partial charge in [-0.3, -0.25) is 4.79 Å². The lowest BCUT2D eigenvalue weighted by Gasteiger charge is -2.30. The first-order valence-electron chi connectivity index (χ1n) is 9.46. The Morgan fingerprint density at radius 3 is 2.96 bits per heavy atom. The van der Waals surface area contributed by atoms with Gasteiger partial charge < -0.3 is 24.3 Å². The van der Waals surface area contributed by atoms with Crippen molar-refractivity contribution in [1.82, 2.24) is 14.8 Å². The molecule has 2 aromatic rings. The fourth-order valence-corrected chi connectivity index (χ4v) is 3.69. The summed E-state index contributed by atoms with van der Waals surface area (Å²) in [5, 5.41) is 4.47. The summed E-state index contributed by atoms with van der Waals surface area (Å²) in [5.41, 5.74) is 2.39. The maximum Gasteiger partial charge on any atom is 0.253 e. The molecule has 4 rings (SSSR count). The Hall–Kier alpha value is -1.89. The minimum Gasteiger partial charge on any atom is -0.383 e. The molecule has 1 amide bonds. The first-order valence-corrected chi connectivity index (χ1v) is 9.46. The van der Waals surface area contributed by atoms with Crippen molar-refractivity contribution in [2.75, 3.05) is 33.4 Å². The molecule has 1 aromatic heterocycles. The Balaban J connectivity index is 1.58. The Labute approximate surface area is 154 Å². The van der Waals surface area contributed by atoms with E-state index in [0.717, 1.165) is 25.9 Å². The summed E-state index contributed by atoms with van der Waals surface area (Å²) in [6, 6.07) is 8.74. The number of benzene rings is 1. The van der Waals surface area contributed by atoms with Crippen LogP contribution in [0.2, 0.25) is 0 Å². The quantitative estimate of drug-likeness (QED) is 0.821. The number of nitrogens with one attached hydrogen (secondary N) is 1. The summed E-state index contributed by atoms with van der Waals surface area (Å²) in [4.78, 5) is 15.1. The van der Waals surface area contributed by atoms with E-state index in [2.05, 4.69) is 40.3 Å². The van der Waals surface area contributed by atoms with Gasteiger partial charge in [-0.2, -0.15) is 0 Å². The molecule has 1 saturated carbocycles. The third kappa shape index (κ3) is 3.63. The van der Waals surface area contributed by atoms with Gasteiger partial charge in [0.15, 0.2) is 0 Å². The van der Waals surface area contributed by atoms with E-state index in [0.29, 0.717) is 32.3 Å². The van der Waals surface area contributed by atoms with Crippen molar-refractivity contribution >= 4 is 16.8 Å². The number of hydrogen-bond donors (Lipinski definition) is 1. The number of aromatic nitrogens is 1. The van der Waals surface area contributed by atoms with Gasteiger partial charge in [-0.25, -0.2) is 0 Å². The fraction of sp³-hybridized carbons (Fsp3) is 0.550. The maximum atomic E-state index is 13.0. The van der Waals surface area contributed by atoms with E-state index in [1.165, 1.54) is 16.5 Å². The lowest BCUT2D eigenvalue weighted by atomic mass is 10.1. The second-order valence-electron chi connectivity index (χ2n) is 7.12. The number of carbonyl (C=O) groups is 1. The normalized spacial score (nSPS) is 20.4. The van der Waals surface area contributed by atoms with Gasteiger partial charge >= 0.3 is 0 Å². The molecule has 6 heteroatoms. The molecule has 1 aliphatic carbocycles. The van der Waals surface area contributed by atoms with Gasteiger partial charge in [0.2, 0.25) is 0 Å². The third-order valence-electron chi connectivity index (χ3n) is 5.22. The lowest BCUT2D eigenvalue weighted by molar-refractivity contribution is -0.146. The second-order valence-corrected chi connectivity index (χ2v) is 7.12. The van der Waals surface area contributed by atoms with Crippen LogP contribution < -0.4 is 5.32 Å². The molecular formula is C20H27N3O3. The zero-order chi connectivity index (χ0) is 17.9. The average molecular weight is 357 g/mol. The van der Waals surface area contributed by atoms with Crippen LogP contribution in [0.1, 0.15) is 18.4 Å². The molecule has 0 radical (unpaired) electrons. The number of rotatable bonds is 7. The van der Waals surface area contributed by atoms with E-state index in [9.17, 15) is 4.79 Å². The van der Waals surface area contributed by atoms with Gasteiger partial charge in [0.25, 0.3) is 5.91 Å². The van der Waals surface area contributed by atoms with Crippen molar-refractivity contribution in [1.29, 1.82) is 0 Å². The van der Waals surface area contributed by atoms with Crippen LogP contribution >= 0.6 is 0 Å². The van der Waals surface area contributed by atoms with Crippen LogP contribution in [0.5, 0.6) is 0 Å². The van der Waals surface area contributed by atoms with Crippen molar-refractivity contribution in [3.63, 3.8) is 0 Å². The van der Waals surface area contributed by atoms with Gasteiger partial charge in [-0.05, 0) is 24.5 Å². The van der Waals surface area contributed by atoms with Gasteiger partial charge in [0.05, 0.1) is 13.2 Å². The van der Waals surface area contributed by atoms with Crippen LogP contribution in [0.15, 0.2) is 30.5 Å². The topological polar surface area (TPSA) is 55.7 Å². The summed E-state index contributed by atoms with van der Waals surface area (Å²) in [6.07, 6.45) is 4.00. The minimum absolute atomic E-state index is 0.119. The number of para-hydroxylation sites is 1. The standard InChI is InChI=1S/C20H27N3O3/c1-25-11-9-22-13-15(17-4-2-3-5-18(17)22)14-23(16-6-7-16)20(24)19-12-21-8-10-26-19/h2-5,13,16,19,21H,6-12,14H2,1H3. The lowest BCUT2D eigenvalue weighted by Crippen LogP contribution is -2.49. The number of carbonyl (C=O) groups excluding carboxylic acids is 1. The number of morpholine rings is 1. The first kappa shape index (κ1) is 17.5. The zero-order valence-corrected chi connectivity index (χ0v) is 15.3. The number of fused-ring (bicyclic) bond motifs is 1. The number of ether oxygens (including phenoxy) is 2. The van der Waals surface area contributed by atoms with Crippen LogP contribution in [0.4, 0.5) is 0 Å². The Kier molecular flexibility index (Phi) is 5.24. The molecule has 1 unspecified atom stereocenters. The minimum atomic E-state index is -0.355. The summed E-state index contributed by atoms with van der Waals surface area (Å²) < 4.78 is 13.2. The SMILES string of the molecule is COCCn1cc(CN(C(=O)C2CNCCO2)C2CC2)c2ccccc21. The highest BCUT2D eigenvalue weighted by Crippen LogP contribution is 2.31. The maximum absolute atomic E-state index is 13.0. The molecule has 2 fully saturated rings. The van der Waals surface area contributed by atoms with E-state index in [-0.39, 0.29) is 12.0 Å². The molecule has 2 aliphatic rings. The van der Waals surface area contributed by atoms with Crippen LogP contribution in [-0.4, -0.2) is 60.9 Å². The van der Waals surface area contributed by atoms with E-state index in [1.54, 1.807) is 7.11 Å². The van der Waals surface area contributed by atoms with Crippen molar-refractivity contribution in [2.45, 2.75) is 38.1 Å². The molecule has 2 heterocycles. The van der Waals surface area contributed by atoms with Gasteiger partial charge in [-0.15, -0.1) is 0 Å². The van der Waals surface area contributed by atoms with Gasteiger partial charge in [0, 0.05) is 56.4 Å². The summed E-state index contributed by atoms with van der Waals surface area (Å²) >= 11 is 0. The molecule has 0 spiro atoms. The molecular weight excluding hydrogens is 330 g/mol. The Morgan fingerprint density at radius 2 is 2.23 bits per heavy atom. The zero-order valence-electron chi connectivity index (χ0n) is 15.3. The third-order valence-corrected chi connectivity index (χ3v) is 5.22. The average Bonchev–Trinajstić information content (AvgIpc) is 3.47. The predicted molar refractivity (Wildman–Crippen MR) is 100.0 cm³/mol. The molecule has 140 valence electrons. The predicted octanol–water partition coefficient (Wildman–Crippen LogP) is 1.77. The van der Waals surface area contributed by atoms with Crippen LogP contribution in [0.25, 0.3) is 10.9 Å². The molecule has 1 saturated heterocycles. The summed E-state index contributed by atoms with van der Waals surface area (Å²) in [5.74, 6) is 0.119. The molecule has 6 nitrogen and oxygen atoms in total. The van der Waals surface area contributed by atoms with Gasteiger partial charge in [0.1, 0.15) is 6.10 Å². The Morgan fingerprint density at radius 1 is 1.38 bits per heavy atom. The van der Waals surface area contributed by atoms with Gasteiger partial charge in [-0.1, -0.05) is 18.2 Å². The molecule has 1 N–H and O–H groups in total. The van der Waals surface area contributed by atoms with E-state index < -0.39 is 0 Å². The fourth-order valence-electron chi connectivity index (χ4n) is 3.69. The Bertz CT molecular complexity index is 763. The largest absolute Gasteiger partial charge is 0.383 e. The first-order chi connectivity index (χ1) is 12.8. The van der Waals surface area contributed by atoms with Crippen LogP contribution in [-0.2, 0) is 27.4 Å². The number of methoxy groups -OCH3 is 1. The number of nitrogens with zero attached hydrogens (tertiary/aromatic N) is 2. The monoisotopic (exact) mass is 357 g/mol. The molecule has 0 bridgehead atoms. The van der Waals surface area contributed by atoms with Crippen LogP contribution in [0.3, 0.4) is 0 Å². The molecule has 26 heavy (non-hydrogen) atoms. The second kappa shape index (κ2) is 7.78. The summed E-state index contributed by atoms with van der Waals surface area (Å²) in [7, 11) is 1.72. The van der Waals surface area contributed by atoms with E-state index in [1.807, 2.05) is 4.90 Å². The van der Waals surface area contributed by atoms with Crippen LogP contribution in [0, 0.1) is 0 Å². The highest BCUT2D eigenvalue weighted by atomic mass is 16.5. The van der Waals surface area contributed by atoms with Crippen molar-refractivity contribution in [3.8, 4) is 0 Å². The highest BCUT2D eigenvalue weighted by molar-refractivity contribution is 5.86. The molecule has 1 aromatic carbocycles. The van der Waals surface area contributed by atoms with E-state index in [4.69, 9.17) is 9.47 Å².